The molecule has 2 nitrogen and oxygen atoms in total. The Morgan fingerprint density at radius 3 is 2.79 bits per heavy atom. The number of benzene rings is 2. The Balaban J connectivity index is 1.60. The Labute approximate surface area is 125 Å². The molecule has 1 aliphatic rings. The van der Waals surface area contributed by atoms with Crippen LogP contribution in [-0.2, 0) is 6.42 Å². The van der Waals surface area contributed by atoms with Crippen molar-refractivity contribution < 1.29 is 4.74 Å². The van der Waals surface area contributed by atoms with E-state index in [4.69, 9.17) is 16.3 Å². The van der Waals surface area contributed by atoms with E-state index in [1.54, 1.807) is 0 Å². The molecule has 3 rings (SSSR count). The molecule has 0 amide bonds. The molecular weight excluding hydrogens is 326 g/mol. The van der Waals surface area contributed by atoms with Gasteiger partial charge in [0.25, 0.3) is 0 Å². The normalized spacial score (nSPS) is 16.8. The summed E-state index contributed by atoms with van der Waals surface area (Å²) >= 11 is 9.34. The molecule has 0 bridgehead atoms. The molecular formula is C15H13BrClNO. The Hall–Kier alpha value is -1.19. The van der Waals surface area contributed by atoms with Gasteiger partial charge in [-0.05, 0) is 48.0 Å². The molecule has 1 unspecified atom stereocenters. The summed E-state index contributed by atoms with van der Waals surface area (Å²) in [6.45, 7) is 0.786. The van der Waals surface area contributed by atoms with Crippen molar-refractivity contribution in [3.05, 3.63) is 57.5 Å². The lowest BCUT2D eigenvalue weighted by Gasteiger charge is -2.12. The van der Waals surface area contributed by atoms with Gasteiger partial charge in [-0.1, -0.05) is 27.5 Å². The van der Waals surface area contributed by atoms with Crippen LogP contribution in [0.2, 0.25) is 5.02 Å². The van der Waals surface area contributed by atoms with Crippen LogP contribution in [0.4, 0.5) is 5.69 Å². The van der Waals surface area contributed by atoms with Gasteiger partial charge in [0.05, 0.1) is 6.54 Å². The van der Waals surface area contributed by atoms with Gasteiger partial charge < -0.3 is 10.1 Å². The predicted octanol–water partition coefficient (Wildman–Crippen LogP) is 4.52. The molecule has 1 N–H and O–H groups in total. The van der Waals surface area contributed by atoms with Crippen molar-refractivity contribution in [2.75, 3.05) is 11.9 Å². The Bertz CT molecular complexity index is 585. The second-order valence-electron chi connectivity index (χ2n) is 4.58. The topological polar surface area (TPSA) is 21.3 Å². The maximum Gasteiger partial charge on any atom is 0.123 e. The number of nitrogens with one attached hydrogen (secondary N) is 1. The molecule has 2 aromatic carbocycles. The summed E-state index contributed by atoms with van der Waals surface area (Å²) in [6, 6.07) is 13.9. The minimum absolute atomic E-state index is 0.181. The first-order valence-electron chi connectivity index (χ1n) is 6.15. The van der Waals surface area contributed by atoms with E-state index in [0.717, 1.165) is 33.9 Å². The van der Waals surface area contributed by atoms with Crippen LogP contribution >= 0.6 is 27.5 Å². The quantitative estimate of drug-likeness (QED) is 0.888. The molecule has 0 aromatic heterocycles. The van der Waals surface area contributed by atoms with E-state index in [2.05, 4.69) is 27.3 Å². The fraction of sp³-hybridized carbons (Fsp3) is 0.200. The van der Waals surface area contributed by atoms with Crippen LogP contribution in [0.3, 0.4) is 0 Å². The van der Waals surface area contributed by atoms with E-state index in [0.29, 0.717) is 0 Å². The summed E-state index contributed by atoms with van der Waals surface area (Å²) in [7, 11) is 0. The van der Waals surface area contributed by atoms with Crippen LogP contribution < -0.4 is 10.1 Å². The minimum atomic E-state index is 0.181. The van der Waals surface area contributed by atoms with E-state index < -0.39 is 0 Å². The highest BCUT2D eigenvalue weighted by atomic mass is 79.9. The molecule has 0 fully saturated rings. The summed E-state index contributed by atoms with van der Waals surface area (Å²) in [4.78, 5) is 0. The Morgan fingerprint density at radius 2 is 2.00 bits per heavy atom. The molecule has 0 saturated heterocycles. The van der Waals surface area contributed by atoms with E-state index in [9.17, 15) is 0 Å². The van der Waals surface area contributed by atoms with Crippen molar-refractivity contribution in [1.82, 2.24) is 0 Å². The van der Waals surface area contributed by atoms with Crippen LogP contribution in [-0.4, -0.2) is 12.6 Å². The Kier molecular flexibility index (Phi) is 3.67. The fourth-order valence-electron chi connectivity index (χ4n) is 2.20. The molecule has 1 heterocycles. The zero-order chi connectivity index (χ0) is 13.2. The van der Waals surface area contributed by atoms with Gasteiger partial charge in [0.15, 0.2) is 0 Å². The second kappa shape index (κ2) is 5.43. The fourth-order valence-corrected chi connectivity index (χ4v) is 2.74. The summed E-state index contributed by atoms with van der Waals surface area (Å²) in [5.74, 6) is 0.992. The van der Waals surface area contributed by atoms with Crippen LogP contribution in [0.15, 0.2) is 46.9 Å². The third-order valence-corrected chi connectivity index (χ3v) is 3.89. The molecule has 0 aliphatic carbocycles. The third-order valence-electron chi connectivity index (χ3n) is 3.14. The van der Waals surface area contributed by atoms with Crippen molar-refractivity contribution >= 4 is 33.2 Å². The number of hydrogen-bond acceptors (Lipinski definition) is 2. The van der Waals surface area contributed by atoms with Crippen molar-refractivity contribution in [3.63, 3.8) is 0 Å². The molecule has 1 atom stereocenters. The van der Waals surface area contributed by atoms with E-state index >= 15 is 0 Å². The van der Waals surface area contributed by atoms with Gasteiger partial charge in [0, 0.05) is 21.6 Å². The smallest absolute Gasteiger partial charge is 0.123 e. The van der Waals surface area contributed by atoms with E-state index in [-0.39, 0.29) is 6.10 Å². The van der Waals surface area contributed by atoms with Crippen LogP contribution in [0, 0.1) is 0 Å². The molecule has 1 aliphatic heterocycles. The SMILES string of the molecule is Clc1ccc(NCC2Cc3cc(Br)ccc3O2)cc1. The Morgan fingerprint density at radius 1 is 1.21 bits per heavy atom. The number of rotatable bonds is 3. The van der Waals surface area contributed by atoms with Gasteiger partial charge >= 0.3 is 0 Å². The largest absolute Gasteiger partial charge is 0.488 e. The molecule has 2 aromatic rings. The van der Waals surface area contributed by atoms with Crippen molar-refractivity contribution in [2.45, 2.75) is 12.5 Å². The predicted molar refractivity (Wildman–Crippen MR) is 82.2 cm³/mol. The molecule has 98 valence electrons. The minimum Gasteiger partial charge on any atom is -0.488 e. The average molecular weight is 339 g/mol. The van der Waals surface area contributed by atoms with Gasteiger partial charge in [-0.2, -0.15) is 0 Å². The highest BCUT2D eigenvalue weighted by Gasteiger charge is 2.22. The van der Waals surface area contributed by atoms with Crippen LogP contribution in [0.25, 0.3) is 0 Å². The number of anilines is 1. The highest BCUT2D eigenvalue weighted by molar-refractivity contribution is 9.10. The number of fused-ring (bicyclic) bond motifs is 1. The van der Waals surface area contributed by atoms with Gasteiger partial charge in [0.1, 0.15) is 11.9 Å². The lowest BCUT2D eigenvalue weighted by atomic mass is 10.1. The van der Waals surface area contributed by atoms with Crippen molar-refractivity contribution in [1.29, 1.82) is 0 Å². The maximum atomic E-state index is 5.90. The first kappa shape index (κ1) is 12.8. The molecule has 4 heteroatoms. The van der Waals surface area contributed by atoms with Crippen LogP contribution in [0.1, 0.15) is 5.56 Å². The van der Waals surface area contributed by atoms with Crippen molar-refractivity contribution in [3.8, 4) is 5.75 Å². The summed E-state index contributed by atoms with van der Waals surface area (Å²) in [6.07, 6.45) is 1.12. The summed E-state index contributed by atoms with van der Waals surface area (Å²) in [5, 5.41) is 4.12. The first-order valence-corrected chi connectivity index (χ1v) is 7.32. The van der Waals surface area contributed by atoms with Gasteiger partial charge in [-0.15, -0.1) is 0 Å². The molecule has 0 radical (unpaired) electrons. The maximum absolute atomic E-state index is 5.90. The zero-order valence-corrected chi connectivity index (χ0v) is 12.5. The third kappa shape index (κ3) is 3.04. The van der Waals surface area contributed by atoms with Gasteiger partial charge in [0.2, 0.25) is 0 Å². The van der Waals surface area contributed by atoms with Gasteiger partial charge in [-0.3, -0.25) is 0 Å². The molecule has 0 spiro atoms. The summed E-state index contributed by atoms with van der Waals surface area (Å²) in [5.41, 5.74) is 2.32. The number of halogens is 2. The second-order valence-corrected chi connectivity index (χ2v) is 5.94. The van der Waals surface area contributed by atoms with E-state index in [1.807, 2.05) is 36.4 Å². The summed E-state index contributed by atoms with van der Waals surface area (Å²) < 4.78 is 7.00. The standard InChI is InChI=1S/C15H13BrClNO/c16-11-1-6-15-10(7-11)8-14(19-15)9-18-13-4-2-12(17)3-5-13/h1-7,14,18H,8-9H2. The lowest BCUT2D eigenvalue weighted by Crippen LogP contribution is -2.23. The van der Waals surface area contributed by atoms with Crippen molar-refractivity contribution in [2.24, 2.45) is 0 Å². The molecule has 0 saturated carbocycles. The first-order chi connectivity index (χ1) is 9.20. The monoisotopic (exact) mass is 337 g/mol. The van der Waals surface area contributed by atoms with E-state index in [1.165, 1.54) is 5.56 Å². The number of hydrogen-bond donors (Lipinski definition) is 1. The lowest BCUT2D eigenvalue weighted by molar-refractivity contribution is 0.246. The number of ether oxygens (including phenoxy) is 1. The van der Waals surface area contributed by atoms with Crippen LogP contribution in [0.5, 0.6) is 5.75 Å². The highest BCUT2D eigenvalue weighted by Crippen LogP contribution is 2.31. The van der Waals surface area contributed by atoms with Gasteiger partial charge in [-0.25, -0.2) is 0 Å². The molecule has 19 heavy (non-hydrogen) atoms. The average Bonchev–Trinajstić information content (AvgIpc) is 2.80. The zero-order valence-electron chi connectivity index (χ0n) is 10.2.